The van der Waals surface area contributed by atoms with Crippen LogP contribution < -0.4 is 15.4 Å². The maximum Gasteiger partial charge on any atom is 0.212 e. The number of guanidine groups is 1. The Kier molecular flexibility index (Phi) is 6.56. The zero-order valence-corrected chi connectivity index (χ0v) is 11.1. The van der Waals surface area contributed by atoms with E-state index >= 15 is 0 Å². The zero-order chi connectivity index (χ0) is 13.2. The van der Waals surface area contributed by atoms with Crippen molar-refractivity contribution in [1.82, 2.24) is 15.6 Å². The number of pyridine rings is 1. The van der Waals surface area contributed by atoms with Crippen LogP contribution >= 0.6 is 0 Å². The van der Waals surface area contributed by atoms with E-state index in [1.54, 1.807) is 27.5 Å². The molecule has 1 heterocycles. The normalized spacial score (nSPS) is 11.2. The maximum atomic E-state index is 5.00. The first-order valence-corrected chi connectivity index (χ1v) is 5.72. The van der Waals surface area contributed by atoms with Gasteiger partial charge in [-0.3, -0.25) is 4.99 Å². The molecule has 0 saturated carbocycles. The molecule has 0 unspecified atom stereocenters. The SMILES string of the molecule is CN=C(NCCOC)NCc1ccc(OC)nc1. The van der Waals surface area contributed by atoms with Gasteiger partial charge in [0.25, 0.3) is 0 Å². The van der Waals surface area contributed by atoms with Crippen LogP contribution in [0.2, 0.25) is 0 Å². The van der Waals surface area contributed by atoms with Crippen LogP contribution in [0.1, 0.15) is 5.56 Å². The van der Waals surface area contributed by atoms with Gasteiger partial charge in [0.15, 0.2) is 5.96 Å². The number of nitrogens with one attached hydrogen (secondary N) is 2. The Morgan fingerprint density at radius 2 is 2.17 bits per heavy atom. The Bertz CT molecular complexity index is 365. The quantitative estimate of drug-likeness (QED) is 0.436. The number of ether oxygens (including phenoxy) is 2. The second kappa shape index (κ2) is 8.30. The third kappa shape index (κ3) is 5.01. The highest BCUT2D eigenvalue weighted by Gasteiger charge is 1.99. The van der Waals surface area contributed by atoms with Crippen molar-refractivity contribution in [1.29, 1.82) is 0 Å². The lowest BCUT2D eigenvalue weighted by atomic mass is 10.3. The molecule has 0 aliphatic heterocycles. The number of aliphatic imine (C=N–C) groups is 1. The summed E-state index contributed by atoms with van der Waals surface area (Å²) in [5.74, 6) is 1.35. The van der Waals surface area contributed by atoms with E-state index in [0.29, 0.717) is 19.0 Å². The summed E-state index contributed by atoms with van der Waals surface area (Å²) in [4.78, 5) is 8.24. The molecule has 6 nitrogen and oxygen atoms in total. The van der Waals surface area contributed by atoms with Gasteiger partial charge in [0.1, 0.15) is 0 Å². The molecular weight excluding hydrogens is 232 g/mol. The molecule has 1 aromatic rings. The molecule has 0 bridgehead atoms. The highest BCUT2D eigenvalue weighted by molar-refractivity contribution is 5.79. The number of rotatable bonds is 6. The van der Waals surface area contributed by atoms with Gasteiger partial charge >= 0.3 is 0 Å². The first kappa shape index (κ1) is 14.2. The molecule has 0 spiro atoms. The molecule has 18 heavy (non-hydrogen) atoms. The smallest absolute Gasteiger partial charge is 0.212 e. The van der Waals surface area contributed by atoms with E-state index in [0.717, 1.165) is 18.1 Å². The van der Waals surface area contributed by atoms with Gasteiger partial charge in [0, 0.05) is 39.5 Å². The average molecular weight is 252 g/mol. The van der Waals surface area contributed by atoms with E-state index in [1.807, 2.05) is 12.1 Å². The molecule has 0 amide bonds. The Balaban J connectivity index is 2.37. The van der Waals surface area contributed by atoms with Crippen molar-refractivity contribution in [2.75, 3.05) is 34.4 Å². The van der Waals surface area contributed by atoms with E-state index < -0.39 is 0 Å². The maximum absolute atomic E-state index is 5.00. The van der Waals surface area contributed by atoms with Crippen molar-refractivity contribution in [3.8, 4) is 5.88 Å². The summed E-state index contributed by atoms with van der Waals surface area (Å²) in [5, 5.41) is 6.32. The first-order chi connectivity index (χ1) is 8.80. The summed E-state index contributed by atoms with van der Waals surface area (Å²) in [6.07, 6.45) is 1.77. The fraction of sp³-hybridized carbons (Fsp3) is 0.500. The lowest BCUT2D eigenvalue weighted by molar-refractivity contribution is 0.203. The van der Waals surface area contributed by atoms with Crippen molar-refractivity contribution in [3.05, 3.63) is 23.9 Å². The monoisotopic (exact) mass is 252 g/mol. The van der Waals surface area contributed by atoms with E-state index in [4.69, 9.17) is 9.47 Å². The van der Waals surface area contributed by atoms with Crippen LogP contribution in [0.15, 0.2) is 23.3 Å². The van der Waals surface area contributed by atoms with Crippen LogP contribution in [0.5, 0.6) is 5.88 Å². The highest BCUT2D eigenvalue weighted by atomic mass is 16.5. The lowest BCUT2D eigenvalue weighted by Crippen LogP contribution is -2.38. The number of nitrogens with zero attached hydrogens (tertiary/aromatic N) is 2. The summed E-state index contributed by atoms with van der Waals surface area (Å²) in [7, 11) is 5.00. The van der Waals surface area contributed by atoms with Crippen LogP contribution in [-0.4, -0.2) is 45.4 Å². The molecule has 0 aliphatic carbocycles. The van der Waals surface area contributed by atoms with Crippen LogP contribution in [0.4, 0.5) is 0 Å². The van der Waals surface area contributed by atoms with E-state index in [2.05, 4.69) is 20.6 Å². The standard InChI is InChI=1S/C12H20N4O2/c1-13-12(14-6-7-17-2)16-9-10-4-5-11(18-3)15-8-10/h4-5,8H,6-7,9H2,1-3H3,(H2,13,14,16). The molecule has 1 rings (SSSR count). The Morgan fingerprint density at radius 3 is 2.72 bits per heavy atom. The molecule has 6 heteroatoms. The van der Waals surface area contributed by atoms with Crippen molar-refractivity contribution in [2.45, 2.75) is 6.54 Å². The van der Waals surface area contributed by atoms with Gasteiger partial charge in [-0.25, -0.2) is 4.98 Å². The third-order valence-electron chi connectivity index (χ3n) is 2.29. The molecule has 2 N–H and O–H groups in total. The first-order valence-electron chi connectivity index (χ1n) is 5.72. The number of hydrogen-bond acceptors (Lipinski definition) is 4. The van der Waals surface area contributed by atoms with Gasteiger partial charge in [-0.1, -0.05) is 6.07 Å². The van der Waals surface area contributed by atoms with E-state index in [9.17, 15) is 0 Å². The van der Waals surface area contributed by atoms with Crippen LogP contribution in [-0.2, 0) is 11.3 Å². The summed E-state index contributed by atoms with van der Waals surface area (Å²) < 4.78 is 9.96. The summed E-state index contributed by atoms with van der Waals surface area (Å²) in [6.45, 7) is 2.02. The predicted octanol–water partition coefficient (Wildman–Crippen LogP) is 0.402. The predicted molar refractivity (Wildman–Crippen MR) is 70.9 cm³/mol. The summed E-state index contributed by atoms with van der Waals surface area (Å²) >= 11 is 0. The molecule has 0 radical (unpaired) electrons. The average Bonchev–Trinajstić information content (AvgIpc) is 2.43. The zero-order valence-electron chi connectivity index (χ0n) is 11.1. The topological polar surface area (TPSA) is 67.8 Å². The van der Waals surface area contributed by atoms with Crippen LogP contribution in [0.3, 0.4) is 0 Å². The van der Waals surface area contributed by atoms with Crippen molar-refractivity contribution < 1.29 is 9.47 Å². The van der Waals surface area contributed by atoms with Gasteiger partial charge < -0.3 is 20.1 Å². The second-order valence-corrected chi connectivity index (χ2v) is 3.55. The summed E-state index contributed by atoms with van der Waals surface area (Å²) in [6, 6.07) is 3.79. The third-order valence-corrected chi connectivity index (χ3v) is 2.29. The van der Waals surface area contributed by atoms with E-state index in [-0.39, 0.29) is 0 Å². The molecule has 0 aliphatic rings. The van der Waals surface area contributed by atoms with Crippen LogP contribution in [0, 0.1) is 0 Å². The molecule has 0 saturated heterocycles. The van der Waals surface area contributed by atoms with Gasteiger partial charge in [-0.05, 0) is 5.56 Å². The van der Waals surface area contributed by atoms with Gasteiger partial charge in [0.05, 0.1) is 13.7 Å². The lowest BCUT2D eigenvalue weighted by Gasteiger charge is -2.11. The Hall–Kier alpha value is -1.82. The Labute approximate surface area is 107 Å². The fourth-order valence-corrected chi connectivity index (χ4v) is 1.31. The second-order valence-electron chi connectivity index (χ2n) is 3.55. The Morgan fingerprint density at radius 1 is 1.33 bits per heavy atom. The number of methoxy groups -OCH3 is 2. The number of aromatic nitrogens is 1. The van der Waals surface area contributed by atoms with Crippen molar-refractivity contribution >= 4 is 5.96 Å². The largest absolute Gasteiger partial charge is 0.481 e. The number of hydrogen-bond donors (Lipinski definition) is 2. The van der Waals surface area contributed by atoms with Gasteiger partial charge in [0.2, 0.25) is 5.88 Å². The van der Waals surface area contributed by atoms with E-state index in [1.165, 1.54) is 0 Å². The molecule has 0 fully saturated rings. The molecule has 0 aromatic carbocycles. The fourth-order valence-electron chi connectivity index (χ4n) is 1.31. The minimum atomic E-state index is 0.612. The van der Waals surface area contributed by atoms with Crippen LogP contribution in [0.25, 0.3) is 0 Å². The minimum absolute atomic E-state index is 0.612. The van der Waals surface area contributed by atoms with Gasteiger partial charge in [-0.15, -0.1) is 0 Å². The van der Waals surface area contributed by atoms with Crippen molar-refractivity contribution in [2.24, 2.45) is 4.99 Å². The minimum Gasteiger partial charge on any atom is -0.481 e. The molecular formula is C12H20N4O2. The molecule has 0 atom stereocenters. The van der Waals surface area contributed by atoms with Gasteiger partial charge in [-0.2, -0.15) is 0 Å². The molecule has 1 aromatic heterocycles. The summed E-state index contributed by atoms with van der Waals surface area (Å²) in [5.41, 5.74) is 1.06. The molecule has 100 valence electrons. The highest BCUT2D eigenvalue weighted by Crippen LogP contribution is 2.05. The van der Waals surface area contributed by atoms with Crippen molar-refractivity contribution in [3.63, 3.8) is 0 Å².